The summed E-state index contributed by atoms with van der Waals surface area (Å²) < 4.78 is 0. The van der Waals surface area contributed by atoms with E-state index in [0.29, 0.717) is 12.8 Å². The summed E-state index contributed by atoms with van der Waals surface area (Å²) in [4.78, 5) is 22.7. The van der Waals surface area contributed by atoms with Gasteiger partial charge in [-0.15, -0.1) is 0 Å². The number of carbonyl (C=O) groups excluding carboxylic acids is 1. The van der Waals surface area contributed by atoms with Crippen molar-refractivity contribution in [3.05, 3.63) is 12.2 Å². The first-order valence-corrected chi connectivity index (χ1v) is 5.69. The molecular formula is C12H19NO3. The molecule has 2 unspecified atom stereocenters. The van der Waals surface area contributed by atoms with Gasteiger partial charge < -0.3 is 10.4 Å². The smallest absolute Gasteiger partial charge is 0.329 e. The van der Waals surface area contributed by atoms with Crippen LogP contribution in [0.1, 0.15) is 39.5 Å². The molecule has 0 aliphatic heterocycles. The van der Waals surface area contributed by atoms with Crippen LogP contribution in [0.25, 0.3) is 0 Å². The van der Waals surface area contributed by atoms with Crippen LogP contribution < -0.4 is 5.32 Å². The van der Waals surface area contributed by atoms with Crippen molar-refractivity contribution in [2.75, 3.05) is 0 Å². The van der Waals surface area contributed by atoms with Gasteiger partial charge >= 0.3 is 5.97 Å². The van der Waals surface area contributed by atoms with Gasteiger partial charge in [0.25, 0.3) is 0 Å². The Kier molecular flexibility index (Phi) is 4.10. The SMILES string of the molecule is CCC(C)(NC(=O)CC1C=CCC1)C(=O)O. The second kappa shape index (κ2) is 5.14. The van der Waals surface area contributed by atoms with Crippen LogP contribution in [0.4, 0.5) is 0 Å². The summed E-state index contributed by atoms with van der Waals surface area (Å²) in [7, 11) is 0. The van der Waals surface area contributed by atoms with Gasteiger partial charge in [0.1, 0.15) is 5.54 Å². The first-order valence-electron chi connectivity index (χ1n) is 5.69. The minimum Gasteiger partial charge on any atom is -0.480 e. The minimum atomic E-state index is -1.14. The molecule has 90 valence electrons. The van der Waals surface area contributed by atoms with E-state index in [1.807, 2.05) is 6.08 Å². The second-order valence-corrected chi connectivity index (χ2v) is 4.51. The third kappa shape index (κ3) is 3.08. The molecule has 0 spiro atoms. The first kappa shape index (κ1) is 12.7. The topological polar surface area (TPSA) is 66.4 Å². The van der Waals surface area contributed by atoms with Crippen LogP contribution in [-0.4, -0.2) is 22.5 Å². The van der Waals surface area contributed by atoms with Gasteiger partial charge in [-0.3, -0.25) is 4.79 Å². The number of carbonyl (C=O) groups is 2. The van der Waals surface area contributed by atoms with E-state index in [2.05, 4.69) is 11.4 Å². The highest BCUT2D eigenvalue weighted by atomic mass is 16.4. The van der Waals surface area contributed by atoms with Gasteiger partial charge in [-0.25, -0.2) is 4.79 Å². The zero-order valence-electron chi connectivity index (χ0n) is 9.82. The lowest BCUT2D eigenvalue weighted by atomic mass is 9.97. The van der Waals surface area contributed by atoms with E-state index < -0.39 is 11.5 Å². The van der Waals surface area contributed by atoms with Crippen LogP contribution in [0.2, 0.25) is 0 Å². The van der Waals surface area contributed by atoms with Crippen LogP contribution >= 0.6 is 0 Å². The van der Waals surface area contributed by atoms with E-state index in [9.17, 15) is 9.59 Å². The molecule has 0 aromatic rings. The fraction of sp³-hybridized carbons (Fsp3) is 0.667. The highest BCUT2D eigenvalue weighted by Crippen LogP contribution is 2.21. The lowest BCUT2D eigenvalue weighted by Gasteiger charge is -2.25. The van der Waals surface area contributed by atoms with E-state index in [0.717, 1.165) is 12.8 Å². The number of allylic oxidation sites excluding steroid dienone is 2. The molecule has 0 saturated carbocycles. The zero-order valence-corrected chi connectivity index (χ0v) is 9.82. The quantitative estimate of drug-likeness (QED) is 0.700. The van der Waals surface area contributed by atoms with Crippen LogP contribution in [0.15, 0.2) is 12.2 Å². The Balaban J connectivity index is 2.49. The van der Waals surface area contributed by atoms with Gasteiger partial charge in [0, 0.05) is 6.42 Å². The number of hydrogen-bond donors (Lipinski definition) is 2. The maximum atomic E-state index is 11.7. The Morgan fingerprint density at radius 3 is 2.69 bits per heavy atom. The van der Waals surface area contributed by atoms with Crippen molar-refractivity contribution in [2.24, 2.45) is 5.92 Å². The summed E-state index contributed by atoms with van der Waals surface area (Å²) in [5.74, 6) is -0.886. The number of hydrogen-bond acceptors (Lipinski definition) is 2. The molecule has 0 aromatic carbocycles. The summed E-state index contributed by atoms with van der Waals surface area (Å²) in [5, 5.41) is 11.6. The van der Waals surface area contributed by atoms with Crippen LogP contribution in [0, 0.1) is 5.92 Å². The summed E-state index contributed by atoms with van der Waals surface area (Å²) in [6, 6.07) is 0. The number of carboxylic acids is 1. The molecule has 2 N–H and O–H groups in total. The van der Waals surface area contributed by atoms with E-state index in [-0.39, 0.29) is 11.8 Å². The molecule has 0 bridgehead atoms. The zero-order chi connectivity index (χ0) is 12.2. The molecular weight excluding hydrogens is 206 g/mol. The molecule has 0 fully saturated rings. The number of amides is 1. The Bertz CT molecular complexity index is 311. The molecule has 1 amide bonds. The Morgan fingerprint density at radius 1 is 1.56 bits per heavy atom. The van der Waals surface area contributed by atoms with Crippen molar-refractivity contribution in [3.63, 3.8) is 0 Å². The second-order valence-electron chi connectivity index (χ2n) is 4.51. The van der Waals surface area contributed by atoms with E-state index >= 15 is 0 Å². The largest absolute Gasteiger partial charge is 0.480 e. The van der Waals surface area contributed by atoms with Gasteiger partial charge in [0.2, 0.25) is 5.91 Å². The maximum absolute atomic E-state index is 11.7. The van der Waals surface area contributed by atoms with Gasteiger partial charge in [0.05, 0.1) is 0 Å². The normalized spacial score (nSPS) is 22.8. The lowest BCUT2D eigenvalue weighted by Crippen LogP contribution is -2.51. The highest BCUT2D eigenvalue weighted by molar-refractivity contribution is 5.86. The fourth-order valence-electron chi connectivity index (χ4n) is 1.76. The summed E-state index contributed by atoms with van der Waals surface area (Å²) in [5.41, 5.74) is -1.14. The Labute approximate surface area is 95.7 Å². The molecule has 4 heteroatoms. The predicted octanol–water partition coefficient (Wildman–Crippen LogP) is 1.71. The molecule has 0 heterocycles. The summed E-state index contributed by atoms with van der Waals surface area (Å²) in [6.07, 6.45) is 6.87. The molecule has 0 saturated heterocycles. The van der Waals surface area contributed by atoms with Gasteiger partial charge in [0.15, 0.2) is 0 Å². The lowest BCUT2D eigenvalue weighted by molar-refractivity contribution is -0.147. The Morgan fingerprint density at radius 2 is 2.25 bits per heavy atom. The molecule has 1 aliphatic carbocycles. The Hall–Kier alpha value is -1.32. The van der Waals surface area contributed by atoms with Crippen molar-refractivity contribution in [1.82, 2.24) is 5.32 Å². The van der Waals surface area contributed by atoms with Gasteiger partial charge in [-0.2, -0.15) is 0 Å². The molecule has 16 heavy (non-hydrogen) atoms. The van der Waals surface area contributed by atoms with Crippen molar-refractivity contribution in [2.45, 2.75) is 45.1 Å². The van der Waals surface area contributed by atoms with E-state index in [4.69, 9.17) is 5.11 Å². The molecule has 1 rings (SSSR count). The molecule has 0 radical (unpaired) electrons. The first-order chi connectivity index (χ1) is 7.48. The van der Waals surface area contributed by atoms with Crippen molar-refractivity contribution in [3.8, 4) is 0 Å². The summed E-state index contributed by atoms with van der Waals surface area (Å²) >= 11 is 0. The molecule has 0 aromatic heterocycles. The number of aliphatic carboxylic acids is 1. The van der Waals surface area contributed by atoms with Gasteiger partial charge in [-0.05, 0) is 32.1 Å². The highest BCUT2D eigenvalue weighted by Gasteiger charge is 2.33. The molecule has 4 nitrogen and oxygen atoms in total. The third-order valence-electron chi connectivity index (χ3n) is 3.15. The van der Waals surface area contributed by atoms with Crippen LogP contribution in [-0.2, 0) is 9.59 Å². The number of nitrogens with one attached hydrogen (secondary N) is 1. The minimum absolute atomic E-state index is 0.177. The van der Waals surface area contributed by atoms with E-state index in [1.165, 1.54) is 6.92 Å². The van der Waals surface area contributed by atoms with Crippen molar-refractivity contribution >= 4 is 11.9 Å². The number of carboxylic acid groups (broad SMARTS) is 1. The average Bonchev–Trinajstić information content (AvgIpc) is 2.69. The molecule has 2 atom stereocenters. The predicted molar refractivity (Wildman–Crippen MR) is 61.0 cm³/mol. The van der Waals surface area contributed by atoms with E-state index in [1.54, 1.807) is 6.92 Å². The maximum Gasteiger partial charge on any atom is 0.329 e. The summed E-state index contributed by atoms with van der Waals surface area (Å²) in [6.45, 7) is 3.29. The monoisotopic (exact) mass is 225 g/mol. The third-order valence-corrected chi connectivity index (χ3v) is 3.15. The van der Waals surface area contributed by atoms with Crippen LogP contribution in [0.5, 0.6) is 0 Å². The average molecular weight is 225 g/mol. The standard InChI is InChI=1S/C12H19NO3/c1-3-12(2,11(15)16)13-10(14)8-9-6-4-5-7-9/h4,6,9H,3,5,7-8H2,1-2H3,(H,13,14)(H,15,16). The van der Waals surface area contributed by atoms with Gasteiger partial charge in [-0.1, -0.05) is 19.1 Å². The fourth-order valence-corrected chi connectivity index (χ4v) is 1.76. The van der Waals surface area contributed by atoms with Crippen molar-refractivity contribution < 1.29 is 14.7 Å². The van der Waals surface area contributed by atoms with Crippen LogP contribution in [0.3, 0.4) is 0 Å². The number of rotatable bonds is 5. The molecule has 1 aliphatic rings. The van der Waals surface area contributed by atoms with Crippen molar-refractivity contribution in [1.29, 1.82) is 0 Å².